The molecule has 27 heavy (non-hydrogen) atoms. The number of benzene rings is 2. The third kappa shape index (κ3) is 4.01. The van der Waals surface area contributed by atoms with Gasteiger partial charge in [0, 0.05) is 0 Å². The van der Waals surface area contributed by atoms with Crippen molar-refractivity contribution in [3.8, 4) is 11.5 Å². The van der Waals surface area contributed by atoms with Gasteiger partial charge in [-0.25, -0.2) is 0 Å². The number of rotatable bonds is 4. The predicted octanol–water partition coefficient (Wildman–Crippen LogP) is 4.17. The van der Waals surface area contributed by atoms with Crippen LogP contribution in [0.15, 0.2) is 53.4 Å². The van der Waals surface area contributed by atoms with Gasteiger partial charge in [0.1, 0.15) is 23.7 Å². The first-order chi connectivity index (χ1) is 13.0. The summed E-state index contributed by atoms with van der Waals surface area (Å²) in [6, 6.07) is 15.5. The number of hydrogen-bond acceptors (Lipinski definition) is 5. The summed E-state index contributed by atoms with van der Waals surface area (Å²) in [5, 5.41) is 1.91. The summed E-state index contributed by atoms with van der Waals surface area (Å²) in [5.41, 5.74) is 1.71. The van der Waals surface area contributed by atoms with Crippen LogP contribution in [0.25, 0.3) is 6.08 Å². The van der Waals surface area contributed by atoms with Crippen LogP contribution in [-0.4, -0.2) is 23.4 Å². The van der Waals surface area contributed by atoms with Crippen LogP contribution in [0, 0.1) is 0 Å². The molecule has 0 bridgehead atoms. The highest BCUT2D eigenvalue weighted by Gasteiger charge is 2.32. The number of ether oxygens (including phenoxy) is 2. The molecule has 0 aliphatic carbocycles. The number of carbonyl (C=O) groups is 2. The molecule has 1 N–H and O–H groups in total. The van der Waals surface area contributed by atoms with Crippen molar-refractivity contribution in [3.63, 3.8) is 0 Å². The van der Waals surface area contributed by atoms with E-state index in [9.17, 15) is 9.59 Å². The molecule has 0 saturated carbocycles. The zero-order valence-corrected chi connectivity index (χ0v) is 15.7. The lowest BCUT2D eigenvalue weighted by Gasteiger charge is -2.35. The zero-order valence-electron chi connectivity index (χ0n) is 14.9. The minimum Gasteiger partial charge on any atom is -0.489 e. The van der Waals surface area contributed by atoms with Crippen molar-refractivity contribution in [3.05, 3.63) is 64.6 Å². The normalized spacial score (nSPS) is 22.9. The van der Waals surface area contributed by atoms with Gasteiger partial charge in [-0.2, -0.15) is 0 Å². The lowest BCUT2D eigenvalue weighted by atomic mass is 9.93. The zero-order chi connectivity index (χ0) is 18.9. The summed E-state index contributed by atoms with van der Waals surface area (Å²) in [4.78, 5) is 23.2. The Morgan fingerprint density at radius 3 is 2.70 bits per heavy atom. The molecule has 2 aromatic rings. The monoisotopic (exact) mass is 381 g/mol. The van der Waals surface area contributed by atoms with Gasteiger partial charge in [0.25, 0.3) is 11.1 Å². The molecule has 0 spiro atoms. The molecule has 1 saturated heterocycles. The van der Waals surface area contributed by atoms with Crippen molar-refractivity contribution < 1.29 is 19.1 Å². The highest BCUT2D eigenvalue weighted by Crippen LogP contribution is 2.33. The number of para-hydroxylation sites is 1. The molecule has 1 unspecified atom stereocenters. The van der Waals surface area contributed by atoms with Gasteiger partial charge in [-0.15, -0.1) is 0 Å². The number of imide groups is 1. The van der Waals surface area contributed by atoms with Gasteiger partial charge >= 0.3 is 0 Å². The summed E-state index contributed by atoms with van der Waals surface area (Å²) in [5.74, 6) is 1.31. The van der Waals surface area contributed by atoms with Crippen molar-refractivity contribution >= 4 is 29.0 Å². The van der Waals surface area contributed by atoms with Crippen LogP contribution in [0.4, 0.5) is 4.79 Å². The lowest BCUT2D eigenvalue weighted by Crippen LogP contribution is -2.42. The summed E-state index contributed by atoms with van der Waals surface area (Å²) < 4.78 is 12.1. The van der Waals surface area contributed by atoms with E-state index in [-0.39, 0.29) is 16.7 Å². The molecule has 2 amide bonds. The van der Waals surface area contributed by atoms with E-state index >= 15 is 0 Å². The van der Waals surface area contributed by atoms with Crippen molar-refractivity contribution in [1.82, 2.24) is 5.32 Å². The Kier molecular flexibility index (Phi) is 4.66. The van der Waals surface area contributed by atoms with Gasteiger partial charge in [0.15, 0.2) is 0 Å². The fourth-order valence-electron chi connectivity index (χ4n) is 3.10. The molecular formula is C21H19NO4S. The SMILES string of the molecule is CC1(COc2ccc(/C=C3\SC(=O)NC3=O)cc2)CCc2ccccc2O1. The van der Waals surface area contributed by atoms with Crippen molar-refractivity contribution in [2.45, 2.75) is 25.4 Å². The summed E-state index contributed by atoms with van der Waals surface area (Å²) in [6.07, 6.45) is 3.56. The highest BCUT2D eigenvalue weighted by atomic mass is 32.2. The van der Waals surface area contributed by atoms with Gasteiger partial charge < -0.3 is 9.47 Å². The van der Waals surface area contributed by atoms with Crippen molar-refractivity contribution in [2.24, 2.45) is 0 Å². The lowest BCUT2D eigenvalue weighted by molar-refractivity contribution is -0.115. The topological polar surface area (TPSA) is 64.6 Å². The number of hydrogen-bond donors (Lipinski definition) is 1. The molecule has 2 aliphatic rings. The molecule has 1 fully saturated rings. The van der Waals surface area contributed by atoms with E-state index in [0.717, 1.165) is 41.7 Å². The third-order valence-electron chi connectivity index (χ3n) is 4.62. The number of fused-ring (bicyclic) bond motifs is 1. The second-order valence-electron chi connectivity index (χ2n) is 6.87. The van der Waals surface area contributed by atoms with E-state index < -0.39 is 0 Å². The van der Waals surface area contributed by atoms with E-state index in [1.807, 2.05) is 42.5 Å². The molecule has 2 aliphatic heterocycles. The summed E-state index contributed by atoms with van der Waals surface area (Å²) >= 11 is 0.909. The third-order valence-corrected chi connectivity index (χ3v) is 5.43. The van der Waals surface area contributed by atoms with Crippen LogP contribution in [0.3, 0.4) is 0 Å². The molecule has 1 atom stereocenters. The molecule has 0 radical (unpaired) electrons. The van der Waals surface area contributed by atoms with Crippen LogP contribution < -0.4 is 14.8 Å². The largest absolute Gasteiger partial charge is 0.489 e. The first-order valence-corrected chi connectivity index (χ1v) is 9.57. The van der Waals surface area contributed by atoms with Crippen LogP contribution in [-0.2, 0) is 11.2 Å². The average Bonchev–Trinajstić information content (AvgIpc) is 2.98. The Morgan fingerprint density at radius 1 is 1.19 bits per heavy atom. The number of thioether (sulfide) groups is 1. The standard InChI is InChI=1S/C21H19NO4S/c1-21(11-10-15-4-2-3-5-17(15)26-21)13-25-16-8-6-14(7-9-16)12-18-19(23)22-20(24)27-18/h2-9,12H,10-11,13H2,1H3,(H,22,23,24)/b18-12-. The smallest absolute Gasteiger partial charge is 0.290 e. The number of amides is 2. The Hall–Kier alpha value is -2.73. The predicted molar refractivity (Wildman–Crippen MR) is 105 cm³/mol. The van der Waals surface area contributed by atoms with Crippen molar-refractivity contribution in [1.29, 1.82) is 0 Å². The molecule has 138 valence electrons. The van der Waals surface area contributed by atoms with E-state index in [4.69, 9.17) is 9.47 Å². The Balaban J connectivity index is 1.39. The molecule has 0 aromatic heterocycles. The fraction of sp³-hybridized carbons (Fsp3) is 0.238. The van der Waals surface area contributed by atoms with Gasteiger partial charge in [-0.3, -0.25) is 14.9 Å². The molecule has 6 heteroatoms. The van der Waals surface area contributed by atoms with Gasteiger partial charge in [0.05, 0.1) is 4.91 Å². The Labute approximate surface area is 161 Å². The second-order valence-corrected chi connectivity index (χ2v) is 7.88. The summed E-state index contributed by atoms with van der Waals surface area (Å²) in [7, 11) is 0. The quantitative estimate of drug-likeness (QED) is 0.805. The van der Waals surface area contributed by atoms with Gasteiger partial charge in [-0.1, -0.05) is 30.3 Å². The van der Waals surface area contributed by atoms with Crippen molar-refractivity contribution in [2.75, 3.05) is 6.61 Å². The first-order valence-electron chi connectivity index (χ1n) is 8.75. The maximum absolute atomic E-state index is 11.6. The highest BCUT2D eigenvalue weighted by molar-refractivity contribution is 8.18. The Bertz CT molecular complexity index is 922. The minimum atomic E-state index is -0.367. The minimum absolute atomic E-state index is 0.339. The molecule has 2 heterocycles. The molecule has 5 nitrogen and oxygen atoms in total. The van der Waals surface area contributed by atoms with Crippen LogP contribution in [0.1, 0.15) is 24.5 Å². The van der Waals surface area contributed by atoms with Crippen LogP contribution in [0.2, 0.25) is 0 Å². The molecule has 2 aromatic carbocycles. The second kappa shape index (κ2) is 7.12. The van der Waals surface area contributed by atoms with Crippen LogP contribution in [0.5, 0.6) is 11.5 Å². The molecule has 4 rings (SSSR count). The van der Waals surface area contributed by atoms with Gasteiger partial charge in [0.2, 0.25) is 0 Å². The van der Waals surface area contributed by atoms with E-state index in [1.54, 1.807) is 6.08 Å². The van der Waals surface area contributed by atoms with Gasteiger partial charge in [-0.05, 0) is 66.9 Å². The van der Waals surface area contributed by atoms with E-state index in [0.29, 0.717) is 11.5 Å². The maximum atomic E-state index is 11.6. The number of carbonyl (C=O) groups excluding carboxylic acids is 2. The molecular weight excluding hydrogens is 362 g/mol. The Morgan fingerprint density at radius 2 is 1.96 bits per heavy atom. The van der Waals surface area contributed by atoms with E-state index in [2.05, 4.69) is 18.3 Å². The van der Waals surface area contributed by atoms with Crippen LogP contribution >= 0.6 is 11.8 Å². The van der Waals surface area contributed by atoms with E-state index in [1.165, 1.54) is 5.56 Å². The first kappa shape index (κ1) is 17.7. The maximum Gasteiger partial charge on any atom is 0.290 e. The average molecular weight is 381 g/mol. The summed E-state index contributed by atoms with van der Waals surface area (Å²) in [6.45, 7) is 2.52. The number of aryl methyl sites for hydroxylation is 1. The fourth-order valence-corrected chi connectivity index (χ4v) is 3.78. The number of nitrogens with one attached hydrogen (secondary N) is 1.